The van der Waals surface area contributed by atoms with Gasteiger partial charge < -0.3 is 9.84 Å². The van der Waals surface area contributed by atoms with Crippen molar-refractivity contribution < 1.29 is 9.84 Å². The summed E-state index contributed by atoms with van der Waals surface area (Å²) in [5, 5.41) is 9.11. The van der Waals surface area contributed by atoms with Gasteiger partial charge in [0.05, 0.1) is 13.2 Å². The standard InChI is InChI=1S/C12H19NO2/c1-4-5-15-12-7-10(8-14)6-11(13-12)9(2)3/h6-7,9,14H,4-5,8H2,1-3H3. The summed E-state index contributed by atoms with van der Waals surface area (Å²) in [4.78, 5) is 4.39. The normalized spacial score (nSPS) is 10.7. The first-order chi connectivity index (χ1) is 7.17. The van der Waals surface area contributed by atoms with Crippen LogP contribution < -0.4 is 4.74 Å². The van der Waals surface area contributed by atoms with Gasteiger partial charge >= 0.3 is 0 Å². The molecule has 3 nitrogen and oxygen atoms in total. The van der Waals surface area contributed by atoms with E-state index >= 15 is 0 Å². The topological polar surface area (TPSA) is 42.4 Å². The van der Waals surface area contributed by atoms with Gasteiger partial charge in [-0.25, -0.2) is 4.98 Å². The zero-order valence-corrected chi connectivity index (χ0v) is 9.66. The van der Waals surface area contributed by atoms with Crippen molar-refractivity contribution in [2.75, 3.05) is 6.61 Å². The second-order valence-corrected chi connectivity index (χ2v) is 3.90. The second-order valence-electron chi connectivity index (χ2n) is 3.90. The van der Waals surface area contributed by atoms with E-state index in [1.165, 1.54) is 0 Å². The number of pyridine rings is 1. The summed E-state index contributed by atoms with van der Waals surface area (Å²) in [6.45, 7) is 6.91. The first kappa shape index (κ1) is 12.0. The Hall–Kier alpha value is -1.09. The Balaban J connectivity index is 2.90. The molecule has 0 unspecified atom stereocenters. The van der Waals surface area contributed by atoms with Gasteiger partial charge in [0.25, 0.3) is 0 Å². The number of hydrogen-bond acceptors (Lipinski definition) is 3. The van der Waals surface area contributed by atoms with Crippen molar-refractivity contribution in [2.24, 2.45) is 0 Å². The van der Waals surface area contributed by atoms with Gasteiger partial charge in [-0.3, -0.25) is 0 Å². The lowest BCUT2D eigenvalue weighted by Crippen LogP contribution is -2.02. The fourth-order valence-electron chi connectivity index (χ4n) is 1.25. The SMILES string of the molecule is CCCOc1cc(CO)cc(C(C)C)n1. The lowest BCUT2D eigenvalue weighted by Gasteiger charge is -2.10. The van der Waals surface area contributed by atoms with Gasteiger partial charge in [-0.15, -0.1) is 0 Å². The smallest absolute Gasteiger partial charge is 0.213 e. The number of aromatic nitrogens is 1. The van der Waals surface area contributed by atoms with E-state index in [-0.39, 0.29) is 6.61 Å². The Morgan fingerprint density at radius 1 is 1.40 bits per heavy atom. The molecule has 1 aromatic heterocycles. The summed E-state index contributed by atoms with van der Waals surface area (Å²) in [6, 6.07) is 3.71. The molecule has 1 heterocycles. The minimum absolute atomic E-state index is 0.0325. The van der Waals surface area contributed by atoms with Crippen LogP contribution in [0.2, 0.25) is 0 Å². The van der Waals surface area contributed by atoms with Crippen molar-refractivity contribution in [3.8, 4) is 5.88 Å². The molecule has 15 heavy (non-hydrogen) atoms. The van der Waals surface area contributed by atoms with Crippen molar-refractivity contribution in [1.82, 2.24) is 4.98 Å². The van der Waals surface area contributed by atoms with E-state index in [1.807, 2.05) is 6.07 Å². The molecule has 0 radical (unpaired) electrons. The van der Waals surface area contributed by atoms with Crippen LogP contribution >= 0.6 is 0 Å². The van der Waals surface area contributed by atoms with Crippen LogP contribution in [0.25, 0.3) is 0 Å². The van der Waals surface area contributed by atoms with Gasteiger partial charge in [-0.1, -0.05) is 20.8 Å². The highest BCUT2D eigenvalue weighted by Gasteiger charge is 2.06. The van der Waals surface area contributed by atoms with Gasteiger partial charge in [0.1, 0.15) is 0 Å². The molecule has 0 aliphatic heterocycles. The maximum atomic E-state index is 9.11. The van der Waals surface area contributed by atoms with Crippen molar-refractivity contribution in [1.29, 1.82) is 0 Å². The lowest BCUT2D eigenvalue weighted by molar-refractivity contribution is 0.276. The molecule has 1 N–H and O–H groups in total. The number of hydrogen-bond donors (Lipinski definition) is 1. The van der Waals surface area contributed by atoms with E-state index in [1.54, 1.807) is 6.07 Å². The third kappa shape index (κ3) is 3.51. The number of ether oxygens (including phenoxy) is 1. The summed E-state index contributed by atoms with van der Waals surface area (Å²) >= 11 is 0. The molecule has 1 rings (SSSR count). The highest BCUT2D eigenvalue weighted by Crippen LogP contribution is 2.19. The first-order valence-corrected chi connectivity index (χ1v) is 5.41. The average Bonchev–Trinajstić information content (AvgIpc) is 2.25. The van der Waals surface area contributed by atoms with E-state index < -0.39 is 0 Å². The van der Waals surface area contributed by atoms with Crippen LogP contribution in [0.5, 0.6) is 5.88 Å². The van der Waals surface area contributed by atoms with Gasteiger partial charge in [-0.05, 0) is 24.0 Å². The highest BCUT2D eigenvalue weighted by atomic mass is 16.5. The number of rotatable bonds is 5. The van der Waals surface area contributed by atoms with E-state index in [2.05, 4.69) is 25.8 Å². The van der Waals surface area contributed by atoms with Crippen LogP contribution in [-0.2, 0) is 6.61 Å². The minimum atomic E-state index is 0.0325. The van der Waals surface area contributed by atoms with Gasteiger partial charge in [-0.2, -0.15) is 0 Å². The van der Waals surface area contributed by atoms with Gasteiger partial charge in [0, 0.05) is 11.8 Å². The molecule has 0 fully saturated rings. The third-order valence-electron chi connectivity index (χ3n) is 2.11. The van der Waals surface area contributed by atoms with Crippen LogP contribution in [0.3, 0.4) is 0 Å². The monoisotopic (exact) mass is 209 g/mol. The molecule has 0 atom stereocenters. The fraction of sp³-hybridized carbons (Fsp3) is 0.583. The predicted octanol–water partition coefficient (Wildman–Crippen LogP) is 2.49. The molecule has 0 amide bonds. The van der Waals surface area contributed by atoms with Crippen molar-refractivity contribution in [2.45, 2.75) is 39.7 Å². The Labute approximate surface area is 91.1 Å². The maximum Gasteiger partial charge on any atom is 0.213 e. The minimum Gasteiger partial charge on any atom is -0.478 e. The van der Waals surface area contributed by atoms with E-state index in [0.29, 0.717) is 18.4 Å². The summed E-state index contributed by atoms with van der Waals surface area (Å²) in [5.74, 6) is 0.965. The lowest BCUT2D eigenvalue weighted by atomic mass is 10.1. The zero-order valence-electron chi connectivity index (χ0n) is 9.66. The maximum absolute atomic E-state index is 9.11. The first-order valence-electron chi connectivity index (χ1n) is 5.41. The summed E-state index contributed by atoms with van der Waals surface area (Å²) in [6.07, 6.45) is 0.960. The second kappa shape index (κ2) is 5.71. The number of aliphatic hydroxyl groups excluding tert-OH is 1. The van der Waals surface area contributed by atoms with Crippen LogP contribution in [0, 0.1) is 0 Å². The Bertz CT molecular complexity index is 310. The number of nitrogens with zero attached hydrogens (tertiary/aromatic N) is 1. The zero-order chi connectivity index (χ0) is 11.3. The van der Waals surface area contributed by atoms with Crippen LogP contribution in [-0.4, -0.2) is 16.7 Å². The molecule has 3 heteroatoms. The summed E-state index contributed by atoms with van der Waals surface area (Å²) < 4.78 is 5.47. The molecule has 1 aromatic rings. The predicted molar refractivity (Wildman–Crippen MR) is 60.0 cm³/mol. The van der Waals surface area contributed by atoms with E-state index in [4.69, 9.17) is 9.84 Å². The molecule has 0 aliphatic rings. The highest BCUT2D eigenvalue weighted by molar-refractivity contribution is 5.26. The third-order valence-corrected chi connectivity index (χ3v) is 2.11. The molecular weight excluding hydrogens is 190 g/mol. The Morgan fingerprint density at radius 3 is 2.67 bits per heavy atom. The molecule has 0 spiro atoms. The summed E-state index contributed by atoms with van der Waals surface area (Å²) in [7, 11) is 0. The quantitative estimate of drug-likeness (QED) is 0.810. The Morgan fingerprint density at radius 2 is 2.13 bits per heavy atom. The Kier molecular flexibility index (Phi) is 4.56. The fourth-order valence-corrected chi connectivity index (χ4v) is 1.25. The van der Waals surface area contributed by atoms with E-state index in [9.17, 15) is 0 Å². The van der Waals surface area contributed by atoms with Gasteiger partial charge in [0.15, 0.2) is 0 Å². The molecule has 84 valence electrons. The van der Waals surface area contributed by atoms with Crippen LogP contribution in [0.15, 0.2) is 12.1 Å². The molecule has 0 saturated carbocycles. The molecular formula is C12H19NO2. The molecule has 0 aromatic carbocycles. The molecule has 0 saturated heterocycles. The van der Waals surface area contributed by atoms with Crippen molar-refractivity contribution >= 4 is 0 Å². The van der Waals surface area contributed by atoms with Crippen LogP contribution in [0.4, 0.5) is 0 Å². The van der Waals surface area contributed by atoms with Gasteiger partial charge in [0.2, 0.25) is 5.88 Å². The van der Waals surface area contributed by atoms with Crippen molar-refractivity contribution in [3.63, 3.8) is 0 Å². The average molecular weight is 209 g/mol. The largest absolute Gasteiger partial charge is 0.478 e. The summed E-state index contributed by atoms with van der Waals surface area (Å²) in [5.41, 5.74) is 1.83. The molecule has 0 aliphatic carbocycles. The van der Waals surface area contributed by atoms with Crippen molar-refractivity contribution in [3.05, 3.63) is 23.4 Å². The molecule has 0 bridgehead atoms. The van der Waals surface area contributed by atoms with Crippen LogP contribution in [0.1, 0.15) is 44.4 Å². The number of aliphatic hydroxyl groups is 1. The van der Waals surface area contributed by atoms with E-state index in [0.717, 1.165) is 17.7 Å².